The van der Waals surface area contributed by atoms with E-state index < -0.39 is 23.2 Å². The fourth-order valence-corrected chi connectivity index (χ4v) is 5.37. The zero-order valence-electron chi connectivity index (χ0n) is 17.6. The zero-order chi connectivity index (χ0) is 22.1. The Morgan fingerprint density at radius 1 is 1.28 bits per heavy atom. The summed E-state index contributed by atoms with van der Waals surface area (Å²) in [7, 11) is 0. The summed E-state index contributed by atoms with van der Waals surface area (Å²) in [6.07, 6.45) is 3.82. The van der Waals surface area contributed by atoms with E-state index in [9.17, 15) is 13.6 Å². The molecule has 3 aromatic rings. The number of alkyl halides is 2. The largest absolute Gasteiger partial charge is 0.318 e. The topological polar surface area (TPSA) is 87.6 Å². The highest BCUT2D eigenvalue weighted by Crippen LogP contribution is 2.70. The predicted molar refractivity (Wildman–Crippen MR) is 114 cm³/mol. The Hall–Kier alpha value is -3.07. The van der Waals surface area contributed by atoms with E-state index >= 15 is 0 Å². The number of fused-ring (bicyclic) bond motifs is 2. The number of nitrogens with one attached hydrogen (secondary N) is 3. The Bertz CT molecular complexity index is 1180. The standard InChI is InChI=1S/C23H24F2N6O/c1-22-8-17-16(7-18(22)23(22,24)25)19(30-29-17)21(32)28-15-11-27-31(12-15)20(14-9-26-10-14)13-5-3-2-4-6-13/h2-6,11-12,14,18,20,26H,7-10H2,1H3,(H,28,32)(H,29,30)/t18-,20+,22-/m0/s1. The number of carbonyl (C=O) groups is 1. The fraction of sp³-hybridized carbons (Fsp3) is 0.435. The molecule has 9 heteroatoms. The Balaban J connectivity index is 1.22. The van der Waals surface area contributed by atoms with Gasteiger partial charge >= 0.3 is 0 Å². The van der Waals surface area contributed by atoms with E-state index in [1.54, 1.807) is 13.1 Å². The van der Waals surface area contributed by atoms with Crippen molar-refractivity contribution in [2.75, 3.05) is 18.4 Å². The molecule has 0 radical (unpaired) electrons. The van der Waals surface area contributed by atoms with Crippen LogP contribution in [0.1, 0.15) is 40.3 Å². The molecule has 3 aliphatic rings. The number of halogens is 2. The second-order valence-corrected chi connectivity index (χ2v) is 9.44. The molecular formula is C23H24F2N6O. The van der Waals surface area contributed by atoms with E-state index in [0.717, 1.165) is 18.7 Å². The summed E-state index contributed by atoms with van der Waals surface area (Å²) in [6, 6.07) is 10.2. The Morgan fingerprint density at radius 2 is 2.06 bits per heavy atom. The molecule has 0 spiro atoms. The van der Waals surface area contributed by atoms with Crippen molar-refractivity contribution in [3.8, 4) is 0 Å². The Kier molecular flexibility index (Phi) is 4.11. The van der Waals surface area contributed by atoms with Crippen molar-refractivity contribution in [1.29, 1.82) is 0 Å². The third-order valence-corrected chi connectivity index (χ3v) is 7.55. The van der Waals surface area contributed by atoms with Crippen LogP contribution in [0.2, 0.25) is 0 Å². The van der Waals surface area contributed by atoms with E-state index in [-0.39, 0.29) is 24.6 Å². The molecule has 3 N–H and O–H groups in total. The SMILES string of the molecule is C[C@]12Cc3[nH]nc(C(=O)Nc4cnn([C@H](c5ccccc5)C5CNC5)c4)c3C[C@@H]1C2(F)F. The van der Waals surface area contributed by atoms with Gasteiger partial charge in [0.05, 0.1) is 17.9 Å². The van der Waals surface area contributed by atoms with Crippen molar-refractivity contribution in [1.82, 2.24) is 25.3 Å². The lowest BCUT2D eigenvalue weighted by Gasteiger charge is -2.35. The van der Waals surface area contributed by atoms with Crippen LogP contribution in [0, 0.1) is 17.3 Å². The third kappa shape index (κ3) is 2.76. The van der Waals surface area contributed by atoms with E-state index in [4.69, 9.17) is 0 Å². The highest BCUT2D eigenvalue weighted by Gasteiger charge is 2.78. The van der Waals surface area contributed by atoms with Crippen LogP contribution >= 0.6 is 0 Å². The summed E-state index contributed by atoms with van der Waals surface area (Å²) in [6.45, 7) is 3.42. The lowest BCUT2D eigenvalue weighted by Crippen LogP contribution is -2.47. The summed E-state index contributed by atoms with van der Waals surface area (Å²) >= 11 is 0. The smallest absolute Gasteiger partial charge is 0.276 e. The van der Waals surface area contributed by atoms with Crippen LogP contribution in [0.15, 0.2) is 42.7 Å². The van der Waals surface area contributed by atoms with Crippen LogP contribution in [0.25, 0.3) is 0 Å². The predicted octanol–water partition coefficient (Wildman–Crippen LogP) is 3.04. The molecule has 7 nitrogen and oxygen atoms in total. The van der Waals surface area contributed by atoms with E-state index in [1.807, 2.05) is 29.1 Å². The molecule has 2 aliphatic carbocycles. The monoisotopic (exact) mass is 438 g/mol. The summed E-state index contributed by atoms with van der Waals surface area (Å²) in [5, 5.41) is 17.6. The van der Waals surface area contributed by atoms with Gasteiger partial charge in [0.15, 0.2) is 5.69 Å². The van der Waals surface area contributed by atoms with Crippen molar-refractivity contribution in [2.45, 2.75) is 31.7 Å². The second-order valence-electron chi connectivity index (χ2n) is 9.44. The average Bonchev–Trinajstić information content (AvgIpc) is 3.17. The molecule has 3 atom stereocenters. The van der Waals surface area contributed by atoms with E-state index in [1.165, 1.54) is 0 Å². The van der Waals surface area contributed by atoms with Gasteiger partial charge in [-0.3, -0.25) is 14.6 Å². The summed E-state index contributed by atoms with van der Waals surface area (Å²) in [5.74, 6) is -3.41. The summed E-state index contributed by atoms with van der Waals surface area (Å²) in [5.41, 5.74) is 2.14. The highest BCUT2D eigenvalue weighted by atomic mass is 19.3. The maximum Gasteiger partial charge on any atom is 0.276 e. The quantitative estimate of drug-likeness (QED) is 0.572. The lowest BCUT2D eigenvalue weighted by molar-refractivity contribution is 0.0631. The minimum absolute atomic E-state index is 0.0658. The second kappa shape index (κ2) is 6.71. The first kappa shape index (κ1) is 19.6. The molecule has 2 fully saturated rings. The molecule has 3 heterocycles. The molecule has 2 aromatic heterocycles. The van der Waals surface area contributed by atoms with Gasteiger partial charge in [-0.2, -0.15) is 10.2 Å². The van der Waals surface area contributed by atoms with Crippen molar-refractivity contribution >= 4 is 11.6 Å². The Labute approximate surface area is 183 Å². The highest BCUT2D eigenvalue weighted by molar-refractivity contribution is 6.04. The van der Waals surface area contributed by atoms with Gasteiger partial charge in [0.2, 0.25) is 0 Å². The first-order chi connectivity index (χ1) is 15.4. The van der Waals surface area contributed by atoms with Gasteiger partial charge in [-0.1, -0.05) is 37.3 Å². The van der Waals surface area contributed by atoms with Crippen molar-refractivity contribution in [3.05, 3.63) is 65.2 Å². The van der Waals surface area contributed by atoms with Crippen LogP contribution in [0.4, 0.5) is 14.5 Å². The molecule has 1 amide bonds. The van der Waals surface area contributed by atoms with Gasteiger partial charge in [0, 0.05) is 54.2 Å². The minimum Gasteiger partial charge on any atom is -0.318 e. The number of amides is 1. The number of benzene rings is 1. The maximum absolute atomic E-state index is 14.2. The molecule has 0 unspecified atom stereocenters. The molecule has 32 heavy (non-hydrogen) atoms. The van der Waals surface area contributed by atoms with Crippen LogP contribution in [-0.4, -0.2) is 44.9 Å². The summed E-state index contributed by atoms with van der Waals surface area (Å²) < 4.78 is 30.2. The van der Waals surface area contributed by atoms with Crippen molar-refractivity contribution < 1.29 is 13.6 Å². The fourth-order valence-electron chi connectivity index (χ4n) is 5.37. The molecule has 1 aromatic carbocycles. The number of hydrogen-bond donors (Lipinski definition) is 3. The molecule has 1 aliphatic heterocycles. The van der Waals surface area contributed by atoms with Gasteiger partial charge in [0.1, 0.15) is 0 Å². The van der Waals surface area contributed by atoms with Crippen LogP contribution in [0.5, 0.6) is 0 Å². The minimum atomic E-state index is -2.69. The number of hydrogen-bond acceptors (Lipinski definition) is 4. The van der Waals surface area contributed by atoms with Gasteiger partial charge in [-0.15, -0.1) is 0 Å². The number of anilines is 1. The van der Waals surface area contributed by atoms with E-state index in [2.05, 4.69) is 38.1 Å². The number of aromatic nitrogens is 4. The number of aromatic amines is 1. The Morgan fingerprint density at radius 3 is 2.78 bits per heavy atom. The van der Waals surface area contributed by atoms with Gasteiger partial charge < -0.3 is 10.6 Å². The number of nitrogens with zero attached hydrogens (tertiary/aromatic N) is 3. The summed E-state index contributed by atoms with van der Waals surface area (Å²) in [4.78, 5) is 12.9. The van der Waals surface area contributed by atoms with Crippen molar-refractivity contribution in [3.63, 3.8) is 0 Å². The van der Waals surface area contributed by atoms with Crippen molar-refractivity contribution in [2.24, 2.45) is 17.3 Å². The van der Waals surface area contributed by atoms with Crippen LogP contribution < -0.4 is 10.6 Å². The first-order valence-electron chi connectivity index (χ1n) is 10.9. The normalized spacial score (nSPS) is 26.5. The zero-order valence-corrected chi connectivity index (χ0v) is 17.6. The average molecular weight is 438 g/mol. The molecule has 166 valence electrons. The lowest BCUT2D eigenvalue weighted by atomic mass is 9.87. The number of rotatable bonds is 5. The van der Waals surface area contributed by atoms with Crippen LogP contribution in [0.3, 0.4) is 0 Å². The molecule has 1 saturated heterocycles. The van der Waals surface area contributed by atoms with Crippen LogP contribution in [-0.2, 0) is 12.8 Å². The number of H-pyrrole nitrogens is 1. The van der Waals surface area contributed by atoms with E-state index in [0.29, 0.717) is 22.9 Å². The maximum atomic E-state index is 14.2. The van der Waals surface area contributed by atoms with Gasteiger partial charge in [-0.05, 0) is 12.0 Å². The number of carbonyl (C=O) groups excluding carboxylic acids is 1. The third-order valence-electron chi connectivity index (χ3n) is 7.55. The molecule has 6 rings (SSSR count). The molecule has 1 saturated carbocycles. The first-order valence-corrected chi connectivity index (χ1v) is 10.9. The van der Waals surface area contributed by atoms with Gasteiger partial charge in [0.25, 0.3) is 11.8 Å². The molecular weight excluding hydrogens is 414 g/mol. The molecule has 0 bridgehead atoms. The van der Waals surface area contributed by atoms with Gasteiger partial charge in [-0.25, -0.2) is 8.78 Å².